The van der Waals surface area contributed by atoms with Crippen molar-refractivity contribution in [3.63, 3.8) is 0 Å². The van der Waals surface area contributed by atoms with Crippen molar-refractivity contribution < 1.29 is 4.79 Å². The molecule has 4 nitrogen and oxygen atoms in total. The zero-order chi connectivity index (χ0) is 12.2. The minimum atomic E-state index is -0.507. The Balaban J connectivity index is 2.68. The summed E-state index contributed by atoms with van der Waals surface area (Å²) in [7, 11) is 0. The zero-order valence-corrected chi connectivity index (χ0v) is 10.6. The number of nitrogens with one attached hydrogen (secondary N) is 1. The number of anilines is 1. The smallest absolute Gasteiger partial charge is 0.267 e. The second-order valence-electron chi connectivity index (χ2n) is 4.11. The summed E-state index contributed by atoms with van der Waals surface area (Å²) in [6.45, 7) is 5.12. The average Bonchev–Trinajstić information content (AvgIpc) is 2.27. The van der Waals surface area contributed by atoms with Gasteiger partial charge in [-0.25, -0.2) is 0 Å². The molecule has 0 aromatic carbocycles. The van der Waals surface area contributed by atoms with Crippen molar-refractivity contribution in [3.8, 4) is 0 Å². The Morgan fingerprint density at radius 2 is 2.31 bits per heavy atom. The lowest BCUT2D eigenvalue weighted by Gasteiger charge is -2.22. The summed E-state index contributed by atoms with van der Waals surface area (Å²) in [4.78, 5) is 14.8. The highest BCUT2D eigenvalue weighted by molar-refractivity contribution is 7.99. The lowest BCUT2D eigenvalue weighted by molar-refractivity contribution is 0.0995. The fraction of sp³-hybridized carbons (Fsp3) is 0.455. The van der Waals surface area contributed by atoms with E-state index in [4.69, 9.17) is 5.73 Å². The Morgan fingerprint density at radius 1 is 1.62 bits per heavy atom. The van der Waals surface area contributed by atoms with E-state index in [1.165, 1.54) is 0 Å². The summed E-state index contributed by atoms with van der Waals surface area (Å²) >= 11 is 1.79. The van der Waals surface area contributed by atoms with E-state index in [0.29, 0.717) is 0 Å². The minimum Gasteiger partial charge on any atom is -0.384 e. The summed E-state index contributed by atoms with van der Waals surface area (Å²) in [6, 6.07) is 3.49. The van der Waals surface area contributed by atoms with Crippen molar-refractivity contribution in [2.45, 2.75) is 18.6 Å². The first-order chi connectivity index (χ1) is 7.44. The average molecular weight is 239 g/mol. The maximum atomic E-state index is 10.9. The second kappa shape index (κ2) is 5.21. The Bertz CT molecular complexity index is 379. The Morgan fingerprint density at radius 3 is 2.88 bits per heavy atom. The van der Waals surface area contributed by atoms with Gasteiger partial charge in [-0.1, -0.05) is 0 Å². The second-order valence-corrected chi connectivity index (χ2v) is 5.62. The summed E-state index contributed by atoms with van der Waals surface area (Å²) in [5.74, 6) is -0.507. The van der Waals surface area contributed by atoms with Gasteiger partial charge in [0.15, 0.2) is 0 Å². The van der Waals surface area contributed by atoms with E-state index < -0.39 is 5.91 Å². The quantitative estimate of drug-likeness (QED) is 0.821. The lowest BCUT2D eigenvalue weighted by atomic mass is 10.2. The van der Waals surface area contributed by atoms with Crippen LogP contribution in [0.4, 0.5) is 5.69 Å². The molecule has 16 heavy (non-hydrogen) atoms. The molecule has 1 aromatic heterocycles. The van der Waals surface area contributed by atoms with Gasteiger partial charge in [0.2, 0.25) is 0 Å². The minimum absolute atomic E-state index is 0.149. The van der Waals surface area contributed by atoms with Gasteiger partial charge in [-0.15, -0.1) is 0 Å². The standard InChI is InChI=1S/C11H17N3OS/c1-11(2,16-3)7-14-8-4-5-13-9(6-8)10(12)15/h4-6H,7H2,1-3H3,(H2,12,15)(H,13,14). The fourth-order valence-electron chi connectivity index (χ4n) is 1.06. The number of hydrogen-bond donors (Lipinski definition) is 2. The van der Waals surface area contributed by atoms with Crippen LogP contribution in [0.25, 0.3) is 0 Å². The van der Waals surface area contributed by atoms with Crippen molar-refractivity contribution in [2.24, 2.45) is 5.73 Å². The number of rotatable bonds is 5. The summed E-state index contributed by atoms with van der Waals surface area (Å²) in [5.41, 5.74) is 6.31. The molecule has 0 saturated heterocycles. The molecule has 1 amide bonds. The molecule has 0 spiro atoms. The Kier molecular flexibility index (Phi) is 4.18. The van der Waals surface area contributed by atoms with Gasteiger partial charge in [0.1, 0.15) is 5.69 Å². The van der Waals surface area contributed by atoms with E-state index in [9.17, 15) is 4.79 Å². The van der Waals surface area contributed by atoms with E-state index in [2.05, 4.69) is 30.4 Å². The molecule has 88 valence electrons. The number of hydrogen-bond acceptors (Lipinski definition) is 4. The molecule has 0 saturated carbocycles. The van der Waals surface area contributed by atoms with Crippen LogP contribution in [0.5, 0.6) is 0 Å². The zero-order valence-electron chi connectivity index (χ0n) is 9.78. The topological polar surface area (TPSA) is 68.0 Å². The molecule has 0 aliphatic rings. The monoisotopic (exact) mass is 239 g/mol. The summed E-state index contributed by atoms with van der Waals surface area (Å²) in [6.07, 6.45) is 3.65. The van der Waals surface area contributed by atoms with E-state index in [1.807, 2.05) is 6.07 Å². The molecule has 0 bridgehead atoms. The van der Waals surface area contributed by atoms with Crippen LogP contribution in [0.1, 0.15) is 24.3 Å². The third-order valence-electron chi connectivity index (χ3n) is 2.28. The van der Waals surface area contributed by atoms with E-state index in [0.717, 1.165) is 12.2 Å². The number of thioether (sulfide) groups is 1. The maximum Gasteiger partial charge on any atom is 0.267 e. The summed E-state index contributed by atoms with van der Waals surface area (Å²) in [5, 5.41) is 3.26. The number of nitrogens with two attached hydrogens (primary N) is 1. The molecular weight excluding hydrogens is 222 g/mol. The van der Waals surface area contributed by atoms with Crippen molar-refractivity contribution in [3.05, 3.63) is 24.0 Å². The van der Waals surface area contributed by atoms with Gasteiger partial charge in [-0.05, 0) is 32.2 Å². The number of primary amides is 1. The summed E-state index contributed by atoms with van der Waals surface area (Å²) < 4.78 is 0.149. The number of aromatic nitrogens is 1. The molecule has 0 aliphatic heterocycles. The first-order valence-electron chi connectivity index (χ1n) is 4.99. The molecule has 0 atom stereocenters. The third-order valence-corrected chi connectivity index (χ3v) is 3.53. The van der Waals surface area contributed by atoms with Crippen molar-refractivity contribution >= 4 is 23.4 Å². The molecule has 0 fully saturated rings. The predicted octanol–water partition coefficient (Wildman–Crippen LogP) is 1.73. The molecule has 3 N–H and O–H groups in total. The number of carbonyl (C=O) groups excluding carboxylic acids is 1. The van der Waals surface area contributed by atoms with Crippen LogP contribution in [0, 0.1) is 0 Å². The van der Waals surface area contributed by atoms with Gasteiger partial charge < -0.3 is 11.1 Å². The SMILES string of the molecule is CSC(C)(C)CNc1ccnc(C(N)=O)c1. The normalized spacial score (nSPS) is 11.2. The van der Waals surface area contributed by atoms with E-state index in [-0.39, 0.29) is 10.4 Å². The van der Waals surface area contributed by atoms with Crippen molar-refractivity contribution in [1.82, 2.24) is 4.98 Å². The van der Waals surface area contributed by atoms with Crippen LogP contribution in [0.15, 0.2) is 18.3 Å². The fourth-order valence-corrected chi connectivity index (χ4v) is 1.28. The Labute approximate surface area is 100 Å². The van der Waals surface area contributed by atoms with Gasteiger partial charge in [0.05, 0.1) is 0 Å². The molecule has 1 aromatic rings. The van der Waals surface area contributed by atoms with Gasteiger partial charge in [-0.2, -0.15) is 11.8 Å². The molecule has 1 heterocycles. The molecule has 0 aliphatic carbocycles. The van der Waals surface area contributed by atoms with E-state index >= 15 is 0 Å². The van der Waals surface area contributed by atoms with Crippen LogP contribution in [0.3, 0.4) is 0 Å². The Hall–Kier alpha value is -1.23. The van der Waals surface area contributed by atoms with Crippen molar-refractivity contribution in [1.29, 1.82) is 0 Å². The third kappa shape index (κ3) is 3.73. The number of amides is 1. The van der Waals surface area contributed by atoms with E-state index in [1.54, 1.807) is 24.0 Å². The molecular formula is C11H17N3OS. The van der Waals surface area contributed by atoms with Crippen LogP contribution in [-0.4, -0.2) is 28.4 Å². The maximum absolute atomic E-state index is 10.9. The molecule has 0 radical (unpaired) electrons. The number of nitrogens with zero attached hydrogens (tertiary/aromatic N) is 1. The highest BCUT2D eigenvalue weighted by Crippen LogP contribution is 2.21. The predicted molar refractivity (Wildman–Crippen MR) is 68.8 cm³/mol. The first-order valence-corrected chi connectivity index (χ1v) is 6.22. The van der Waals surface area contributed by atoms with Crippen LogP contribution in [0.2, 0.25) is 0 Å². The van der Waals surface area contributed by atoms with Gasteiger partial charge in [-0.3, -0.25) is 9.78 Å². The molecule has 5 heteroatoms. The largest absolute Gasteiger partial charge is 0.384 e. The van der Waals surface area contributed by atoms with Gasteiger partial charge in [0, 0.05) is 23.2 Å². The number of carbonyl (C=O) groups is 1. The highest BCUT2D eigenvalue weighted by Gasteiger charge is 2.15. The van der Waals surface area contributed by atoms with Crippen LogP contribution in [-0.2, 0) is 0 Å². The number of pyridine rings is 1. The van der Waals surface area contributed by atoms with Crippen LogP contribution < -0.4 is 11.1 Å². The lowest BCUT2D eigenvalue weighted by Crippen LogP contribution is -2.26. The molecule has 1 rings (SSSR count). The molecule has 0 unspecified atom stereocenters. The van der Waals surface area contributed by atoms with Crippen molar-refractivity contribution in [2.75, 3.05) is 18.1 Å². The van der Waals surface area contributed by atoms with Gasteiger partial charge >= 0.3 is 0 Å². The van der Waals surface area contributed by atoms with Gasteiger partial charge in [0.25, 0.3) is 5.91 Å². The highest BCUT2D eigenvalue weighted by atomic mass is 32.2. The first kappa shape index (κ1) is 12.8. The van der Waals surface area contributed by atoms with Crippen LogP contribution >= 0.6 is 11.8 Å².